The molecule has 1 rings (SSSR count). The number of benzene rings is 1. The lowest BCUT2D eigenvalue weighted by Crippen LogP contribution is -2.19. The van der Waals surface area contributed by atoms with E-state index in [9.17, 15) is 0 Å². The van der Waals surface area contributed by atoms with Gasteiger partial charge in [0.05, 0.1) is 0 Å². The first-order valence-corrected chi connectivity index (χ1v) is 7.33. The molecule has 0 aromatic heterocycles. The van der Waals surface area contributed by atoms with Crippen LogP contribution in [0.3, 0.4) is 0 Å². The molecule has 1 aromatic carbocycles. The molecule has 17 heavy (non-hydrogen) atoms. The quantitative estimate of drug-likeness (QED) is 0.567. The van der Waals surface area contributed by atoms with Crippen LogP contribution in [0.15, 0.2) is 41.3 Å². The summed E-state index contributed by atoms with van der Waals surface area (Å²) in [5, 5.41) is 3.52. The molecule has 94 valence electrons. The summed E-state index contributed by atoms with van der Waals surface area (Å²) in [6.07, 6.45) is 5.47. The highest BCUT2D eigenvalue weighted by Gasteiger charge is 2.04. The van der Waals surface area contributed by atoms with Crippen molar-refractivity contribution in [3.8, 4) is 0 Å². The van der Waals surface area contributed by atoms with Crippen molar-refractivity contribution >= 4 is 11.8 Å². The summed E-state index contributed by atoms with van der Waals surface area (Å²) in [6.45, 7) is 7.57. The molecular formula is C15H23NS. The highest BCUT2D eigenvalue weighted by Crippen LogP contribution is 2.22. The van der Waals surface area contributed by atoms with Crippen LogP contribution >= 0.6 is 11.8 Å². The summed E-state index contributed by atoms with van der Waals surface area (Å²) in [6, 6.07) is 9.27. The van der Waals surface area contributed by atoms with Crippen LogP contribution in [-0.4, -0.2) is 12.3 Å². The van der Waals surface area contributed by atoms with Crippen LogP contribution in [-0.2, 0) is 0 Å². The Kier molecular flexibility index (Phi) is 7.06. The highest BCUT2D eigenvalue weighted by atomic mass is 32.2. The van der Waals surface area contributed by atoms with Crippen molar-refractivity contribution in [2.24, 2.45) is 0 Å². The minimum absolute atomic E-state index is 0.442. The van der Waals surface area contributed by atoms with Gasteiger partial charge in [0.2, 0.25) is 0 Å². The van der Waals surface area contributed by atoms with Gasteiger partial charge in [-0.15, -0.1) is 11.8 Å². The van der Waals surface area contributed by atoms with Crippen LogP contribution in [0.1, 0.15) is 38.8 Å². The van der Waals surface area contributed by atoms with Gasteiger partial charge in [-0.2, -0.15) is 0 Å². The minimum Gasteiger partial charge on any atom is -0.310 e. The van der Waals surface area contributed by atoms with E-state index in [0.717, 1.165) is 12.3 Å². The van der Waals surface area contributed by atoms with Crippen molar-refractivity contribution in [1.29, 1.82) is 0 Å². The maximum absolute atomic E-state index is 3.52. The summed E-state index contributed by atoms with van der Waals surface area (Å²) in [4.78, 5) is 1.35. The maximum Gasteiger partial charge on any atom is 0.0292 e. The van der Waals surface area contributed by atoms with Crippen LogP contribution < -0.4 is 5.32 Å². The third-order valence-corrected chi connectivity index (χ3v) is 3.59. The van der Waals surface area contributed by atoms with E-state index in [-0.39, 0.29) is 0 Å². The summed E-state index contributed by atoms with van der Waals surface area (Å²) in [5.41, 5.74) is 1.38. The third kappa shape index (κ3) is 5.42. The Morgan fingerprint density at radius 1 is 1.41 bits per heavy atom. The van der Waals surface area contributed by atoms with Crippen LogP contribution in [0, 0.1) is 0 Å². The Morgan fingerprint density at radius 3 is 2.94 bits per heavy atom. The lowest BCUT2D eigenvalue weighted by atomic mass is 10.1. The molecule has 0 bridgehead atoms. The number of rotatable bonds is 7. The lowest BCUT2D eigenvalue weighted by molar-refractivity contribution is 0.570. The zero-order valence-electron chi connectivity index (χ0n) is 11.1. The molecule has 0 spiro atoms. The summed E-state index contributed by atoms with van der Waals surface area (Å²) >= 11 is 1.89. The van der Waals surface area contributed by atoms with Gasteiger partial charge in [-0.05, 0) is 44.5 Å². The second-order valence-corrected chi connectivity index (χ2v) is 5.22. The SMILES string of the molecule is CC=CCSc1cccc(C(C)NCCC)c1. The van der Waals surface area contributed by atoms with Gasteiger partial charge in [-0.1, -0.05) is 31.2 Å². The molecule has 0 saturated heterocycles. The van der Waals surface area contributed by atoms with Gasteiger partial charge >= 0.3 is 0 Å². The number of hydrogen-bond acceptors (Lipinski definition) is 2. The largest absolute Gasteiger partial charge is 0.310 e. The van der Waals surface area contributed by atoms with Gasteiger partial charge in [-0.25, -0.2) is 0 Å². The maximum atomic E-state index is 3.52. The fraction of sp³-hybridized carbons (Fsp3) is 0.467. The Balaban J connectivity index is 2.58. The van der Waals surface area contributed by atoms with E-state index in [1.54, 1.807) is 0 Å². The average Bonchev–Trinajstić information content (AvgIpc) is 2.36. The molecular weight excluding hydrogens is 226 g/mol. The van der Waals surface area contributed by atoms with Crippen molar-refractivity contribution in [2.75, 3.05) is 12.3 Å². The van der Waals surface area contributed by atoms with Crippen molar-refractivity contribution in [3.63, 3.8) is 0 Å². The smallest absolute Gasteiger partial charge is 0.0292 e. The fourth-order valence-corrected chi connectivity index (χ4v) is 2.47. The van der Waals surface area contributed by atoms with Crippen LogP contribution in [0.2, 0.25) is 0 Å². The predicted molar refractivity (Wildman–Crippen MR) is 78.7 cm³/mol. The average molecular weight is 249 g/mol. The van der Waals surface area contributed by atoms with Crippen molar-refractivity contribution in [1.82, 2.24) is 5.32 Å². The van der Waals surface area contributed by atoms with E-state index in [0.29, 0.717) is 6.04 Å². The van der Waals surface area contributed by atoms with E-state index < -0.39 is 0 Å². The first-order chi connectivity index (χ1) is 8.27. The zero-order chi connectivity index (χ0) is 12.5. The standard InChI is InChI=1S/C15H23NS/c1-4-6-11-17-15-9-7-8-14(12-15)13(3)16-10-5-2/h4,6-9,12-13,16H,5,10-11H2,1-3H3. The molecule has 0 amide bonds. The van der Waals surface area contributed by atoms with E-state index in [4.69, 9.17) is 0 Å². The third-order valence-electron chi connectivity index (χ3n) is 2.64. The van der Waals surface area contributed by atoms with Crippen molar-refractivity contribution in [2.45, 2.75) is 38.1 Å². The molecule has 0 aliphatic carbocycles. The normalized spacial score (nSPS) is 13.1. The first-order valence-electron chi connectivity index (χ1n) is 6.35. The molecule has 0 aliphatic rings. The summed E-state index contributed by atoms with van der Waals surface area (Å²) < 4.78 is 0. The van der Waals surface area contributed by atoms with Gasteiger partial charge in [0.1, 0.15) is 0 Å². The lowest BCUT2D eigenvalue weighted by Gasteiger charge is -2.14. The Bertz CT molecular complexity index is 347. The van der Waals surface area contributed by atoms with Gasteiger partial charge in [0, 0.05) is 16.7 Å². The van der Waals surface area contributed by atoms with Gasteiger partial charge in [-0.3, -0.25) is 0 Å². The van der Waals surface area contributed by atoms with Crippen LogP contribution in [0.5, 0.6) is 0 Å². The molecule has 0 radical (unpaired) electrons. The second kappa shape index (κ2) is 8.37. The van der Waals surface area contributed by atoms with E-state index >= 15 is 0 Å². The highest BCUT2D eigenvalue weighted by molar-refractivity contribution is 7.99. The zero-order valence-corrected chi connectivity index (χ0v) is 11.9. The molecule has 0 heterocycles. The number of thioether (sulfide) groups is 1. The Morgan fingerprint density at radius 2 is 2.24 bits per heavy atom. The molecule has 1 nitrogen and oxygen atoms in total. The van der Waals surface area contributed by atoms with Crippen LogP contribution in [0.4, 0.5) is 0 Å². The van der Waals surface area contributed by atoms with Crippen LogP contribution in [0.25, 0.3) is 0 Å². The summed E-state index contributed by atoms with van der Waals surface area (Å²) in [7, 11) is 0. The van der Waals surface area contributed by atoms with Gasteiger partial charge < -0.3 is 5.32 Å². The molecule has 1 unspecified atom stereocenters. The molecule has 0 saturated carbocycles. The molecule has 2 heteroatoms. The van der Waals surface area contributed by atoms with E-state index in [1.165, 1.54) is 16.9 Å². The first kappa shape index (κ1) is 14.3. The number of allylic oxidation sites excluding steroid dienone is 1. The monoisotopic (exact) mass is 249 g/mol. The predicted octanol–water partition coefficient (Wildman–Crippen LogP) is 4.42. The fourth-order valence-electron chi connectivity index (χ4n) is 1.59. The number of nitrogens with one attached hydrogen (secondary N) is 1. The van der Waals surface area contributed by atoms with E-state index in [2.05, 4.69) is 62.5 Å². The summed E-state index contributed by atoms with van der Waals surface area (Å²) in [5.74, 6) is 1.05. The molecule has 0 aliphatic heterocycles. The van der Waals surface area contributed by atoms with Gasteiger partial charge in [0.25, 0.3) is 0 Å². The molecule has 1 atom stereocenters. The topological polar surface area (TPSA) is 12.0 Å². The molecule has 0 fully saturated rings. The van der Waals surface area contributed by atoms with Crippen molar-refractivity contribution < 1.29 is 0 Å². The van der Waals surface area contributed by atoms with Crippen molar-refractivity contribution in [3.05, 3.63) is 42.0 Å². The van der Waals surface area contributed by atoms with Gasteiger partial charge in [0.15, 0.2) is 0 Å². The second-order valence-electron chi connectivity index (χ2n) is 4.13. The Hall–Kier alpha value is -0.730. The van der Waals surface area contributed by atoms with E-state index in [1.807, 2.05) is 11.8 Å². The molecule has 1 aromatic rings. The molecule has 1 N–H and O–H groups in total. The number of hydrogen-bond donors (Lipinski definition) is 1. The minimum atomic E-state index is 0.442. The Labute approximate surface area is 110 Å².